The fraction of sp³-hybridized carbons (Fsp3) is 0.429. The van der Waals surface area contributed by atoms with Crippen molar-refractivity contribution in [3.63, 3.8) is 0 Å². The Kier molecular flexibility index (Phi) is 4.73. The lowest BCUT2D eigenvalue weighted by Crippen LogP contribution is -2.28. The first-order valence-corrected chi connectivity index (χ1v) is 6.90. The number of likely N-dealkylation sites (N-methyl/N-ethyl adjacent to an activating group) is 1. The smallest absolute Gasteiger partial charge is 0.231 e. The van der Waals surface area contributed by atoms with Gasteiger partial charge in [-0.25, -0.2) is 4.39 Å². The maximum Gasteiger partial charge on any atom is 0.231 e. The second-order valence-electron chi connectivity index (χ2n) is 4.68. The van der Waals surface area contributed by atoms with Crippen molar-refractivity contribution >= 4 is 11.6 Å². The van der Waals surface area contributed by atoms with Crippen LogP contribution in [0.4, 0.5) is 4.39 Å². The second-order valence-corrected chi connectivity index (χ2v) is 5.08. The molecule has 0 aliphatic rings. The zero-order valence-corrected chi connectivity index (χ0v) is 12.4. The van der Waals surface area contributed by atoms with Crippen LogP contribution in [-0.2, 0) is 0 Å². The first-order valence-electron chi connectivity index (χ1n) is 6.53. The fourth-order valence-corrected chi connectivity index (χ4v) is 2.26. The molecule has 0 saturated carbocycles. The summed E-state index contributed by atoms with van der Waals surface area (Å²) in [6, 6.07) is 4.60. The van der Waals surface area contributed by atoms with E-state index in [1.165, 1.54) is 12.1 Å². The molecule has 0 aliphatic heterocycles. The van der Waals surface area contributed by atoms with Gasteiger partial charge in [0.25, 0.3) is 0 Å². The minimum absolute atomic E-state index is 0.0458. The Hall–Kier alpha value is -1.46. The lowest BCUT2D eigenvalue weighted by Gasteiger charge is -2.17. The Morgan fingerprint density at radius 3 is 2.80 bits per heavy atom. The predicted molar refractivity (Wildman–Crippen MR) is 76.3 cm³/mol. The van der Waals surface area contributed by atoms with Gasteiger partial charge >= 0.3 is 0 Å². The predicted octanol–water partition coefficient (Wildman–Crippen LogP) is 3.63. The van der Waals surface area contributed by atoms with E-state index >= 15 is 0 Å². The molecule has 6 heteroatoms. The molecule has 108 valence electrons. The quantitative estimate of drug-likeness (QED) is 0.915. The summed E-state index contributed by atoms with van der Waals surface area (Å²) < 4.78 is 18.5. The zero-order chi connectivity index (χ0) is 14.7. The Morgan fingerprint density at radius 1 is 1.45 bits per heavy atom. The van der Waals surface area contributed by atoms with Gasteiger partial charge in [0.1, 0.15) is 5.82 Å². The standard InChI is InChI=1S/C14H17ClFN3O/c1-4-10(8(2)17-3)14-18-13(19-20-14)9-5-6-12(16)11(15)7-9/h5-8,10,17H,4H2,1-3H3. The van der Waals surface area contributed by atoms with E-state index in [2.05, 4.69) is 29.3 Å². The van der Waals surface area contributed by atoms with Crippen molar-refractivity contribution in [3.05, 3.63) is 34.9 Å². The summed E-state index contributed by atoms with van der Waals surface area (Å²) in [6.07, 6.45) is 0.883. The van der Waals surface area contributed by atoms with E-state index in [0.717, 1.165) is 6.42 Å². The van der Waals surface area contributed by atoms with Crippen LogP contribution < -0.4 is 5.32 Å². The summed E-state index contributed by atoms with van der Waals surface area (Å²) in [5, 5.41) is 7.18. The van der Waals surface area contributed by atoms with Crippen molar-refractivity contribution in [3.8, 4) is 11.4 Å². The van der Waals surface area contributed by atoms with Gasteiger partial charge in [-0.15, -0.1) is 0 Å². The number of nitrogens with zero attached hydrogens (tertiary/aromatic N) is 2. The minimum Gasteiger partial charge on any atom is -0.339 e. The van der Waals surface area contributed by atoms with E-state index in [1.807, 2.05) is 7.05 Å². The van der Waals surface area contributed by atoms with Crippen molar-refractivity contribution in [1.82, 2.24) is 15.5 Å². The molecule has 1 aromatic heterocycles. The Bertz CT molecular complexity index is 588. The first-order chi connectivity index (χ1) is 9.56. The largest absolute Gasteiger partial charge is 0.339 e. The molecule has 0 radical (unpaired) electrons. The van der Waals surface area contributed by atoms with Gasteiger partial charge in [0.05, 0.1) is 10.9 Å². The molecule has 0 spiro atoms. The van der Waals surface area contributed by atoms with Crippen molar-refractivity contribution in [2.45, 2.75) is 32.2 Å². The molecule has 1 aromatic carbocycles. The number of aromatic nitrogens is 2. The van der Waals surface area contributed by atoms with Gasteiger partial charge in [-0.05, 0) is 38.6 Å². The van der Waals surface area contributed by atoms with Crippen LogP contribution in [0.2, 0.25) is 5.02 Å². The molecule has 20 heavy (non-hydrogen) atoms. The van der Waals surface area contributed by atoms with E-state index < -0.39 is 5.82 Å². The average Bonchev–Trinajstić information content (AvgIpc) is 2.92. The van der Waals surface area contributed by atoms with Crippen molar-refractivity contribution in [2.24, 2.45) is 0 Å². The van der Waals surface area contributed by atoms with Gasteiger partial charge in [0.15, 0.2) is 0 Å². The van der Waals surface area contributed by atoms with Crippen LogP contribution in [0.15, 0.2) is 22.7 Å². The molecule has 2 aromatic rings. The highest BCUT2D eigenvalue weighted by molar-refractivity contribution is 6.31. The maximum absolute atomic E-state index is 13.1. The number of halogens is 2. The lowest BCUT2D eigenvalue weighted by molar-refractivity contribution is 0.322. The van der Waals surface area contributed by atoms with Gasteiger partial charge in [0.2, 0.25) is 11.7 Å². The Morgan fingerprint density at radius 2 is 2.20 bits per heavy atom. The molecule has 2 rings (SSSR count). The highest BCUT2D eigenvalue weighted by atomic mass is 35.5. The molecule has 0 fully saturated rings. The summed E-state index contributed by atoms with van der Waals surface area (Å²) in [4.78, 5) is 4.39. The maximum atomic E-state index is 13.1. The third-order valence-corrected chi connectivity index (χ3v) is 3.73. The zero-order valence-electron chi connectivity index (χ0n) is 11.7. The summed E-state index contributed by atoms with van der Waals surface area (Å²) in [5.41, 5.74) is 0.637. The van der Waals surface area contributed by atoms with Gasteiger partial charge in [-0.1, -0.05) is 23.7 Å². The van der Waals surface area contributed by atoms with Crippen LogP contribution in [0.25, 0.3) is 11.4 Å². The highest BCUT2D eigenvalue weighted by Crippen LogP contribution is 2.26. The lowest BCUT2D eigenvalue weighted by atomic mass is 9.98. The molecule has 4 nitrogen and oxygen atoms in total. The molecule has 0 saturated heterocycles. The van der Waals surface area contributed by atoms with Gasteiger partial charge in [-0.3, -0.25) is 0 Å². The summed E-state index contributed by atoms with van der Waals surface area (Å²) in [7, 11) is 1.89. The summed E-state index contributed by atoms with van der Waals surface area (Å²) >= 11 is 5.76. The average molecular weight is 298 g/mol. The van der Waals surface area contributed by atoms with Crippen LogP contribution in [0.3, 0.4) is 0 Å². The molecule has 2 atom stereocenters. The fourth-order valence-electron chi connectivity index (χ4n) is 2.08. The normalized spacial score (nSPS) is 14.2. The molecule has 0 amide bonds. The molecule has 2 unspecified atom stereocenters. The van der Waals surface area contributed by atoms with Crippen LogP contribution in [0, 0.1) is 5.82 Å². The van der Waals surface area contributed by atoms with E-state index in [9.17, 15) is 4.39 Å². The Labute approximate surface area is 122 Å². The van der Waals surface area contributed by atoms with Crippen LogP contribution in [-0.4, -0.2) is 23.2 Å². The summed E-state index contributed by atoms with van der Waals surface area (Å²) in [5.74, 6) is 0.667. The van der Waals surface area contributed by atoms with E-state index in [0.29, 0.717) is 17.3 Å². The van der Waals surface area contributed by atoms with Crippen LogP contribution in [0.1, 0.15) is 32.1 Å². The van der Waals surface area contributed by atoms with Gasteiger partial charge in [-0.2, -0.15) is 4.98 Å². The third kappa shape index (κ3) is 2.99. The van der Waals surface area contributed by atoms with Gasteiger partial charge < -0.3 is 9.84 Å². The van der Waals surface area contributed by atoms with Crippen LogP contribution in [0.5, 0.6) is 0 Å². The molecule has 1 heterocycles. The molecule has 0 aliphatic carbocycles. The van der Waals surface area contributed by atoms with Crippen molar-refractivity contribution in [2.75, 3.05) is 7.05 Å². The third-order valence-electron chi connectivity index (χ3n) is 3.44. The SMILES string of the molecule is CCC(c1nc(-c2ccc(F)c(Cl)c2)no1)C(C)NC. The number of nitrogens with one attached hydrogen (secondary N) is 1. The monoisotopic (exact) mass is 297 g/mol. The molecule has 1 N–H and O–H groups in total. The molecule has 0 bridgehead atoms. The van der Waals surface area contributed by atoms with Crippen LogP contribution >= 0.6 is 11.6 Å². The Balaban J connectivity index is 2.30. The first kappa shape index (κ1) is 14.9. The number of hydrogen-bond donors (Lipinski definition) is 1. The van der Waals surface area contributed by atoms with Crippen molar-refractivity contribution in [1.29, 1.82) is 0 Å². The topological polar surface area (TPSA) is 51.0 Å². The van der Waals surface area contributed by atoms with Crippen molar-refractivity contribution < 1.29 is 8.91 Å². The second kappa shape index (κ2) is 6.33. The number of hydrogen-bond acceptors (Lipinski definition) is 4. The van der Waals surface area contributed by atoms with Gasteiger partial charge in [0, 0.05) is 11.6 Å². The minimum atomic E-state index is -0.464. The molecular weight excluding hydrogens is 281 g/mol. The molecular formula is C14H17ClFN3O. The summed E-state index contributed by atoms with van der Waals surface area (Å²) in [6.45, 7) is 4.13. The van der Waals surface area contributed by atoms with E-state index in [4.69, 9.17) is 16.1 Å². The van der Waals surface area contributed by atoms with E-state index in [-0.39, 0.29) is 17.0 Å². The highest BCUT2D eigenvalue weighted by Gasteiger charge is 2.23. The number of benzene rings is 1. The van der Waals surface area contributed by atoms with E-state index in [1.54, 1.807) is 6.07 Å². The number of rotatable bonds is 5.